The highest BCUT2D eigenvalue weighted by Crippen LogP contribution is 2.21. The molecule has 0 saturated heterocycles. The molecule has 0 aromatic heterocycles. The monoisotopic (exact) mass is 212 g/mol. The number of nitrogens with one attached hydrogen (secondary N) is 1. The number of hydrogen-bond acceptors (Lipinski definition) is 2. The number of benzene rings is 1. The largest absolute Gasteiger partial charge is 0.388 e. The van der Waals surface area contributed by atoms with E-state index in [0.29, 0.717) is 10.9 Å². The third-order valence-electron chi connectivity index (χ3n) is 3.04. The smallest absolute Gasteiger partial charge is 0.117 e. The van der Waals surface area contributed by atoms with Crippen LogP contribution in [0.5, 0.6) is 0 Å². The first-order valence-electron chi connectivity index (χ1n) is 5.37. The van der Waals surface area contributed by atoms with E-state index in [1.165, 1.54) is 0 Å². The minimum absolute atomic E-state index is 0.543. The van der Waals surface area contributed by atoms with Crippen molar-refractivity contribution in [3.05, 3.63) is 16.7 Å². The van der Waals surface area contributed by atoms with Gasteiger partial charge in [-0.25, -0.2) is 0 Å². The molecule has 0 fully saturated rings. The van der Waals surface area contributed by atoms with Crippen LogP contribution in [0.25, 0.3) is 0 Å². The SMILES string of the molecule is [B]c1c(C)c(C)c(NC)c([B])c1C(C)(C)N. The molecule has 1 aromatic carbocycles. The summed E-state index contributed by atoms with van der Waals surface area (Å²) < 4.78 is 0. The van der Waals surface area contributed by atoms with E-state index in [-0.39, 0.29) is 0 Å². The van der Waals surface area contributed by atoms with Gasteiger partial charge < -0.3 is 11.1 Å². The molecule has 0 amide bonds. The van der Waals surface area contributed by atoms with Gasteiger partial charge in [0, 0.05) is 18.3 Å². The zero-order valence-electron chi connectivity index (χ0n) is 10.7. The van der Waals surface area contributed by atoms with Gasteiger partial charge in [0.1, 0.15) is 15.7 Å². The van der Waals surface area contributed by atoms with Crippen molar-refractivity contribution < 1.29 is 0 Å². The van der Waals surface area contributed by atoms with Crippen molar-refractivity contribution in [2.24, 2.45) is 5.73 Å². The second-order valence-electron chi connectivity index (χ2n) is 4.80. The molecular formula is C12H18B2N2. The summed E-state index contributed by atoms with van der Waals surface area (Å²) in [6, 6.07) is 0. The van der Waals surface area contributed by atoms with Crippen LogP contribution >= 0.6 is 0 Å². The standard InChI is InChI=1S/C12H18B2N2/c1-6-7(2)11(16-5)10(14)8(9(6)13)12(3,4)15/h16H,15H2,1-5H3. The number of nitrogens with two attached hydrogens (primary N) is 1. The molecule has 82 valence electrons. The number of hydrogen-bond donors (Lipinski definition) is 2. The van der Waals surface area contributed by atoms with Crippen molar-refractivity contribution in [2.45, 2.75) is 33.2 Å². The van der Waals surface area contributed by atoms with E-state index >= 15 is 0 Å². The maximum atomic E-state index is 6.13. The lowest BCUT2D eigenvalue weighted by atomic mass is 9.70. The molecule has 2 nitrogen and oxygen atoms in total. The molecule has 0 atom stereocenters. The van der Waals surface area contributed by atoms with Crippen molar-refractivity contribution in [3.63, 3.8) is 0 Å². The third-order valence-corrected chi connectivity index (χ3v) is 3.04. The molecule has 4 heteroatoms. The molecule has 0 spiro atoms. The fourth-order valence-corrected chi connectivity index (χ4v) is 2.07. The summed E-state index contributed by atoms with van der Waals surface area (Å²) in [6.07, 6.45) is 0. The van der Waals surface area contributed by atoms with Gasteiger partial charge in [-0.3, -0.25) is 0 Å². The molecule has 3 N–H and O–H groups in total. The van der Waals surface area contributed by atoms with Gasteiger partial charge in [0.2, 0.25) is 0 Å². The molecule has 1 aromatic rings. The van der Waals surface area contributed by atoms with Crippen LogP contribution in [0.4, 0.5) is 5.69 Å². The molecule has 4 radical (unpaired) electrons. The first kappa shape index (κ1) is 13.2. The van der Waals surface area contributed by atoms with Crippen LogP contribution in [-0.2, 0) is 5.54 Å². The third kappa shape index (κ3) is 1.99. The lowest BCUT2D eigenvalue weighted by Crippen LogP contribution is -2.43. The molecule has 0 aliphatic rings. The fourth-order valence-electron chi connectivity index (χ4n) is 2.07. The number of anilines is 1. The lowest BCUT2D eigenvalue weighted by molar-refractivity contribution is 0.561. The fraction of sp³-hybridized carbons (Fsp3) is 0.500. The molecule has 0 saturated carbocycles. The molecule has 0 bridgehead atoms. The Kier molecular flexibility index (Phi) is 3.44. The minimum atomic E-state index is -0.543. The lowest BCUT2D eigenvalue weighted by Gasteiger charge is -2.29. The van der Waals surface area contributed by atoms with Crippen molar-refractivity contribution in [1.29, 1.82) is 0 Å². The van der Waals surface area contributed by atoms with E-state index in [4.69, 9.17) is 21.4 Å². The van der Waals surface area contributed by atoms with E-state index in [1.807, 2.05) is 34.7 Å². The van der Waals surface area contributed by atoms with Crippen molar-refractivity contribution in [1.82, 2.24) is 0 Å². The predicted octanol–water partition coefficient (Wildman–Crippen LogP) is 0.127. The van der Waals surface area contributed by atoms with Crippen LogP contribution in [0.1, 0.15) is 30.5 Å². The average Bonchev–Trinajstić information content (AvgIpc) is 2.13. The summed E-state index contributed by atoms with van der Waals surface area (Å²) in [5.41, 5.74) is 10.8. The average molecular weight is 212 g/mol. The van der Waals surface area contributed by atoms with Crippen LogP contribution in [0.3, 0.4) is 0 Å². The topological polar surface area (TPSA) is 38.0 Å². The zero-order chi connectivity index (χ0) is 12.7. The van der Waals surface area contributed by atoms with Gasteiger partial charge in [-0.05, 0) is 38.8 Å². The van der Waals surface area contributed by atoms with Crippen LogP contribution in [0.15, 0.2) is 0 Å². The molecule has 0 aliphatic heterocycles. The predicted molar refractivity (Wildman–Crippen MR) is 73.5 cm³/mol. The maximum Gasteiger partial charge on any atom is 0.117 e. The van der Waals surface area contributed by atoms with Crippen molar-refractivity contribution in [3.8, 4) is 0 Å². The van der Waals surface area contributed by atoms with Gasteiger partial charge in [0.05, 0.1) is 0 Å². The van der Waals surface area contributed by atoms with E-state index < -0.39 is 5.54 Å². The Balaban J connectivity index is 3.69. The van der Waals surface area contributed by atoms with Crippen LogP contribution in [0.2, 0.25) is 0 Å². The van der Waals surface area contributed by atoms with Gasteiger partial charge in [-0.15, -0.1) is 0 Å². The van der Waals surface area contributed by atoms with Crippen LogP contribution in [-0.4, -0.2) is 22.7 Å². The molecule has 0 unspecified atom stereocenters. The van der Waals surface area contributed by atoms with E-state index in [9.17, 15) is 0 Å². The second kappa shape index (κ2) is 4.17. The molecule has 0 heterocycles. The highest BCUT2D eigenvalue weighted by atomic mass is 14.8. The highest BCUT2D eigenvalue weighted by Gasteiger charge is 2.22. The minimum Gasteiger partial charge on any atom is -0.388 e. The zero-order valence-corrected chi connectivity index (χ0v) is 10.7. The Bertz CT molecular complexity index is 420. The van der Waals surface area contributed by atoms with Crippen molar-refractivity contribution >= 4 is 32.3 Å². The Morgan fingerprint density at radius 3 is 1.94 bits per heavy atom. The van der Waals surface area contributed by atoms with Gasteiger partial charge >= 0.3 is 0 Å². The molecule has 0 aliphatic carbocycles. The van der Waals surface area contributed by atoms with E-state index in [2.05, 4.69) is 5.32 Å². The second-order valence-corrected chi connectivity index (χ2v) is 4.80. The van der Waals surface area contributed by atoms with E-state index in [0.717, 1.165) is 22.4 Å². The first-order valence-corrected chi connectivity index (χ1v) is 5.37. The van der Waals surface area contributed by atoms with Crippen LogP contribution < -0.4 is 22.0 Å². The Morgan fingerprint density at radius 2 is 1.56 bits per heavy atom. The summed E-state index contributed by atoms with van der Waals surface area (Å²) in [5, 5.41) is 3.11. The normalized spacial score (nSPS) is 11.6. The van der Waals surface area contributed by atoms with Crippen molar-refractivity contribution in [2.75, 3.05) is 12.4 Å². The summed E-state index contributed by atoms with van der Waals surface area (Å²) in [4.78, 5) is 0. The number of rotatable bonds is 2. The summed E-state index contributed by atoms with van der Waals surface area (Å²) in [6.45, 7) is 7.80. The van der Waals surface area contributed by atoms with Gasteiger partial charge in [-0.1, -0.05) is 16.5 Å². The molecule has 16 heavy (non-hydrogen) atoms. The summed E-state index contributed by atoms with van der Waals surface area (Å²) in [5.74, 6) is 0. The summed E-state index contributed by atoms with van der Waals surface area (Å²) >= 11 is 0. The van der Waals surface area contributed by atoms with Crippen LogP contribution in [0, 0.1) is 13.8 Å². The van der Waals surface area contributed by atoms with Gasteiger partial charge in [-0.2, -0.15) is 0 Å². The van der Waals surface area contributed by atoms with E-state index in [1.54, 1.807) is 0 Å². The Morgan fingerprint density at radius 1 is 1.06 bits per heavy atom. The molecule has 1 rings (SSSR count). The maximum absolute atomic E-state index is 6.13. The first-order chi connectivity index (χ1) is 7.21. The summed E-state index contributed by atoms with van der Waals surface area (Å²) in [7, 11) is 14.1. The quantitative estimate of drug-likeness (QED) is 0.683. The molecular weight excluding hydrogens is 194 g/mol. The van der Waals surface area contributed by atoms with Gasteiger partial charge in [0.15, 0.2) is 0 Å². The highest BCUT2D eigenvalue weighted by molar-refractivity contribution is 6.43. The van der Waals surface area contributed by atoms with Gasteiger partial charge in [0.25, 0.3) is 0 Å². The Labute approximate surface area is 101 Å². The Hall–Kier alpha value is -0.890.